The first-order chi connectivity index (χ1) is 11.3. The van der Waals surface area contributed by atoms with Crippen LogP contribution < -0.4 is 5.32 Å². The summed E-state index contributed by atoms with van der Waals surface area (Å²) in [4.78, 5) is 12.3. The smallest absolute Gasteiger partial charge is 0.229 e. The minimum absolute atomic E-state index is 0.0783. The van der Waals surface area contributed by atoms with Crippen LogP contribution in [0.2, 0.25) is 0 Å². The highest BCUT2D eigenvalue weighted by atomic mass is 32.2. The van der Waals surface area contributed by atoms with Gasteiger partial charge in [0.25, 0.3) is 0 Å². The number of amides is 1. The fourth-order valence-corrected chi connectivity index (χ4v) is 4.63. The lowest BCUT2D eigenvalue weighted by Crippen LogP contribution is -2.20. The summed E-state index contributed by atoms with van der Waals surface area (Å²) in [5.74, 6) is 0.676. The van der Waals surface area contributed by atoms with E-state index in [4.69, 9.17) is 0 Å². The quantitative estimate of drug-likeness (QED) is 0.918. The SMILES string of the molecule is Cc1ccc(CC(=O)Nc2cc(C)nn2C2CCS(=O)(=O)C2)cc1. The van der Waals surface area contributed by atoms with E-state index in [1.165, 1.54) is 0 Å². The second-order valence-electron chi connectivity index (χ2n) is 6.38. The molecule has 0 spiro atoms. The van der Waals surface area contributed by atoms with E-state index < -0.39 is 9.84 Å². The van der Waals surface area contributed by atoms with Crippen LogP contribution in [-0.2, 0) is 21.1 Å². The lowest BCUT2D eigenvalue weighted by Gasteiger charge is -2.13. The van der Waals surface area contributed by atoms with Crippen LogP contribution in [0.25, 0.3) is 0 Å². The summed E-state index contributed by atoms with van der Waals surface area (Å²) >= 11 is 0. The number of aromatic nitrogens is 2. The highest BCUT2D eigenvalue weighted by Gasteiger charge is 2.31. The molecular formula is C17H21N3O3S. The summed E-state index contributed by atoms with van der Waals surface area (Å²) < 4.78 is 25.0. The normalized spacial score (nSPS) is 19.3. The summed E-state index contributed by atoms with van der Waals surface area (Å²) in [6.45, 7) is 3.83. The Morgan fingerprint density at radius 3 is 2.62 bits per heavy atom. The van der Waals surface area contributed by atoms with E-state index in [-0.39, 0.29) is 29.9 Å². The van der Waals surface area contributed by atoms with Gasteiger partial charge in [-0.1, -0.05) is 29.8 Å². The molecule has 1 aliphatic rings. The van der Waals surface area contributed by atoms with Crippen LogP contribution in [0.3, 0.4) is 0 Å². The van der Waals surface area contributed by atoms with Crippen molar-refractivity contribution in [2.45, 2.75) is 32.7 Å². The van der Waals surface area contributed by atoms with Crippen molar-refractivity contribution < 1.29 is 13.2 Å². The van der Waals surface area contributed by atoms with Gasteiger partial charge in [-0.05, 0) is 25.8 Å². The van der Waals surface area contributed by atoms with E-state index in [1.807, 2.05) is 38.1 Å². The number of hydrogen-bond acceptors (Lipinski definition) is 4. The number of benzene rings is 1. The van der Waals surface area contributed by atoms with Gasteiger partial charge in [0.1, 0.15) is 5.82 Å². The van der Waals surface area contributed by atoms with Crippen LogP contribution in [0.1, 0.15) is 29.3 Å². The fraction of sp³-hybridized carbons (Fsp3) is 0.412. The number of hydrogen-bond donors (Lipinski definition) is 1. The summed E-state index contributed by atoms with van der Waals surface area (Å²) in [5, 5.41) is 7.23. The largest absolute Gasteiger partial charge is 0.311 e. The third-order valence-electron chi connectivity index (χ3n) is 4.16. The maximum atomic E-state index is 12.3. The molecule has 1 amide bonds. The maximum Gasteiger partial charge on any atom is 0.229 e. The van der Waals surface area contributed by atoms with Crippen molar-refractivity contribution in [2.24, 2.45) is 0 Å². The Labute approximate surface area is 141 Å². The molecule has 3 rings (SSSR count). The van der Waals surface area contributed by atoms with Crippen molar-refractivity contribution in [2.75, 3.05) is 16.8 Å². The topological polar surface area (TPSA) is 81.1 Å². The number of anilines is 1. The average molecular weight is 347 g/mol. The molecule has 0 bridgehead atoms. The standard InChI is InChI=1S/C17H21N3O3S/c1-12-3-5-14(6-4-12)10-17(21)18-16-9-13(2)19-20(16)15-7-8-24(22,23)11-15/h3-6,9,15H,7-8,10-11H2,1-2H3,(H,18,21). The number of carbonyl (C=O) groups excluding carboxylic acids is 1. The molecule has 1 aromatic heterocycles. The number of aryl methyl sites for hydroxylation is 2. The maximum absolute atomic E-state index is 12.3. The molecule has 1 aliphatic heterocycles. The van der Waals surface area contributed by atoms with E-state index in [2.05, 4.69) is 10.4 Å². The molecule has 0 saturated carbocycles. The van der Waals surface area contributed by atoms with Gasteiger partial charge in [0.2, 0.25) is 5.91 Å². The monoisotopic (exact) mass is 347 g/mol. The van der Waals surface area contributed by atoms with Crippen LogP contribution in [0, 0.1) is 13.8 Å². The van der Waals surface area contributed by atoms with E-state index >= 15 is 0 Å². The lowest BCUT2D eigenvalue weighted by atomic mass is 10.1. The molecule has 1 saturated heterocycles. The third kappa shape index (κ3) is 3.84. The Kier molecular flexibility index (Phi) is 4.45. The average Bonchev–Trinajstić information content (AvgIpc) is 3.03. The van der Waals surface area contributed by atoms with E-state index in [0.717, 1.165) is 16.8 Å². The molecule has 1 aromatic carbocycles. The van der Waals surface area contributed by atoms with Gasteiger partial charge in [-0.3, -0.25) is 4.79 Å². The summed E-state index contributed by atoms with van der Waals surface area (Å²) in [6.07, 6.45) is 0.803. The lowest BCUT2D eigenvalue weighted by molar-refractivity contribution is -0.115. The minimum Gasteiger partial charge on any atom is -0.311 e. The fourth-order valence-electron chi connectivity index (χ4n) is 2.94. The van der Waals surface area contributed by atoms with Crippen molar-refractivity contribution in [1.29, 1.82) is 0 Å². The molecule has 24 heavy (non-hydrogen) atoms. The Morgan fingerprint density at radius 1 is 1.29 bits per heavy atom. The van der Waals surface area contributed by atoms with Gasteiger partial charge in [-0.15, -0.1) is 0 Å². The van der Waals surface area contributed by atoms with Gasteiger partial charge in [0.05, 0.1) is 29.7 Å². The van der Waals surface area contributed by atoms with Gasteiger partial charge >= 0.3 is 0 Å². The molecule has 1 N–H and O–H groups in total. The molecule has 128 valence electrons. The van der Waals surface area contributed by atoms with Crippen molar-refractivity contribution >= 4 is 21.6 Å². The second kappa shape index (κ2) is 6.39. The highest BCUT2D eigenvalue weighted by molar-refractivity contribution is 7.91. The molecule has 0 aliphatic carbocycles. The van der Waals surface area contributed by atoms with Gasteiger partial charge in [-0.25, -0.2) is 13.1 Å². The van der Waals surface area contributed by atoms with Crippen molar-refractivity contribution in [3.05, 3.63) is 47.2 Å². The van der Waals surface area contributed by atoms with Crippen LogP contribution in [0.15, 0.2) is 30.3 Å². The van der Waals surface area contributed by atoms with Crippen molar-refractivity contribution in [3.8, 4) is 0 Å². The van der Waals surface area contributed by atoms with Gasteiger partial charge < -0.3 is 5.32 Å². The zero-order valence-corrected chi connectivity index (χ0v) is 14.6. The molecule has 1 fully saturated rings. The van der Waals surface area contributed by atoms with Crippen LogP contribution in [0.5, 0.6) is 0 Å². The van der Waals surface area contributed by atoms with Crippen molar-refractivity contribution in [3.63, 3.8) is 0 Å². The number of nitrogens with zero attached hydrogens (tertiary/aromatic N) is 2. The first-order valence-corrected chi connectivity index (χ1v) is 9.76. The van der Waals surface area contributed by atoms with Gasteiger partial charge in [0, 0.05) is 6.07 Å². The first kappa shape index (κ1) is 16.7. The number of rotatable bonds is 4. The highest BCUT2D eigenvalue weighted by Crippen LogP contribution is 2.27. The summed E-state index contributed by atoms with van der Waals surface area (Å²) in [7, 11) is -3.01. The molecule has 6 nitrogen and oxygen atoms in total. The predicted molar refractivity (Wildman–Crippen MR) is 92.8 cm³/mol. The summed E-state index contributed by atoms with van der Waals surface area (Å²) in [6, 6.07) is 9.37. The Balaban J connectivity index is 1.73. The van der Waals surface area contributed by atoms with E-state index in [9.17, 15) is 13.2 Å². The second-order valence-corrected chi connectivity index (χ2v) is 8.61. The van der Waals surface area contributed by atoms with E-state index in [0.29, 0.717) is 12.2 Å². The molecule has 0 radical (unpaired) electrons. The first-order valence-electron chi connectivity index (χ1n) is 7.94. The minimum atomic E-state index is -3.01. The van der Waals surface area contributed by atoms with E-state index in [1.54, 1.807) is 10.7 Å². The molecule has 2 aromatic rings. The van der Waals surface area contributed by atoms with Gasteiger partial charge in [0.15, 0.2) is 9.84 Å². The zero-order valence-electron chi connectivity index (χ0n) is 13.8. The molecular weight excluding hydrogens is 326 g/mol. The van der Waals surface area contributed by atoms with Crippen molar-refractivity contribution in [1.82, 2.24) is 9.78 Å². The third-order valence-corrected chi connectivity index (χ3v) is 5.92. The number of nitrogens with one attached hydrogen (secondary N) is 1. The Bertz CT molecular complexity index is 854. The number of sulfone groups is 1. The molecule has 1 atom stereocenters. The Morgan fingerprint density at radius 2 is 2.00 bits per heavy atom. The molecule has 1 unspecified atom stereocenters. The van der Waals surface area contributed by atoms with Gasteiger partial charge in [-0.2, -0.15) is 5.10 Å². The summed E-state index contributed by atoms with van der Waals surface area (Å²) in [5.41, 5.74) is 2.84. The number of carbonyl (C=O) groups is 1. The molecule has 7 heteroatoms. The molecule has 2 heterocycles. The predicted octanol–water partition coefficient (Wildman–Crippen LogP) is 2.04. The zero-order chi connectivity index (χ0) is 17.3. The van der Waals surface area contributed by atoms with Crippen LogP contribution in [0.4, 0.5) is 5.82 Å². The Hall–Kier alpha value is -2.15. The van der Waals surface area contributed by atoms with Crippen LogP contribution in [-0.4, -0.2) is 35.6 Å². The van der Waals surface area contributed by atoms with Crippen LogP contribution >= 0.6 is 0 Å².